The van der Waals surface area contributed by atoms with E-state index in [0.717, 1.165) is 6.07 Å². The van der Waals surface area contributed by atoms with Crippen LogP contribution >= 0.6 is 11.6 Å². The molecule has 1 aliphatic carbocycles. The maximum atomic E-state index is 13.5. The van der Waals surface area contributed by atoms with Crippen LogP contribution in [0.3, 0.4) is 0 Å². The molecule has 14 heteroatoms. The molecule has 37 heavy (non-hydrogen) atoms. The molecule has 1 atom stereocenters. The number of piperazine rings is 1. The second kappa shape index (κ2) is 9.35. The zero-order valence-corrected chi connectivity index (χ0v) is 21.0. The average Bonchev–Trinajstić information content (AvgIpc) is 3.64. The van der Waals surface area contributed by atoms with Crippen molar-refractivity contribution in [3.05, 3.63) is 53.2 Å². The standard InChI is InChI=1S/C23H23ClF3N5O4S/c24-17-5-1-2-6-19(17)37(35,36)31-14-18(32(22(31)34)15-7-8-15)21(33)30-12-10-29(11-13-30)20-16(23(25,26)27)4-3-9-28-20/h1-6,9,15,18H,7-8,10-14H2. The summed E-state index contributed by atoms with van der Waals surface area (Å²) in [5, 5.41) is -0.0353. The van der Waals surface area contributed by atoms with Crippen molar-refractivity contribution in [2.24, 2.45) is 0 Å². The van der Waals surface area contributed by atoms with Crippen molar-refractivity contribution >= 4 is 39.4 Å². The third-order valence-electron chi connectivity index (χ3n) is 6.72. The Morgan fingerprint density at radius 1 is 1.03 bits per heavy atom. The smallest absolute Gasteiger partial charge is 0.353 e. The fraction of sp³-hybridized carbons (Fsp3) is 0.435. The monoisotopic (exact) mass is 557 g/mol. The van der Waals surface area contributed by atoms with E-state index in [4.69, 9.17) is 11.6 Å². The van der Waals surface area contributed by atoms with Crippen molar-refractivity contribution in [3.8, 4) is 0 Å². The summed E-state index contributed by atoms with van der Waals surface area (Å²) in [5.41, 5.74) is -0.850. The molecule has 2 aliphatic heterocycles. The van der Waals surface area contributed by atoms with Gasteiger partial charge in [-0.3, -0.25) is 4.79 Å². The van der Waals surface area contributed by atoms with Gasteiger partial charge >= 0.3 is 12.2 Å². The van der Waals surface area contributed by atoms with Gasteiger partial charge < -0.3 is 14.7 Å². The minimum absolute atomic E-state index is 0.0353. The van der Waals surface area contributed by atoms with Crippen LogP contribution in [-0.4, -0.2) is 84.3 Å². The van der Waals surface area contributed by atoms with Crippen molar-refractivity contribution < 1.29 is 31.2 Å². The fourth-order valence-corrected chi connectivity index (χ4v) is 6.61. The number of benzene rings is 1. The number of carbonyl (C=O) groups excluding carboxylic acids is 2. The minimum Gasteiger partial charge on any atom is -0.353 e. The summed E-state index contributed by atoms with van der Waals surface area (Å²) in [7, 11) is -4.30. The van der Waals surface area contributed by atoms with Crippen LogP contribution in [0.5, 0.6) is 0 Å². The number of pyridine rings is 1. The highest BCUT2D eigenvalue weighted by Gasteiger charge is 2.53. The molecule has 198 valence electrons. The summed E-state index contributed by atoms with van der Waals surface area (Å²) in [6.45, 7) is 0.0653. The van der Waals surface area contributed by atoms with Crippen LogP contribution in [0.25, 0.3) is 0 Å². The Balaban J connectivity index is 1.33. The molecule has 1 unspecified atom stereocenters. The number of hydrogen-bond acceptors (Lipinski definition) is 6. The van der Waals surface area contributed by atoms with Gasteiger partial charge in [0, 0.05) is 38.4 Å². The third-order valence-corrected chi connectivity index (χ3v) is 8.96. The van der Waals surface area contributed by atoms with Gasteiger partial charge in [-0.25, -0.2) is 22.5 Å². The Hall–Kier alpha value is -3.06. The first-order chi connectivity index (χ1) is 17.5. The molecule has 3 amide bonds. The van der Waals surface area contributed by atoms with Crippen LogP contribution < -0.4 is 4.90 Å². The summed E-state index contributed by atoms with van der Waals surface area (Å²) in [6, 6.07) is 5.91. The van der Waals surface area contributed by atoms with E-state index >= 15 is 0 Å². The average molecular weight is 558 g/mol. The normalized spacial score (nSPS) is 21.1. The lowest BCUT2D eigenvalue weighted by Gasteiger charge is -2.38. The van der Waals surface area contributed by atoms with E-state index in [1.807, 2.05) is 0 Å². The van der Waals surface area contributed by atoms with Crippen LogP contribution in [0.1, 0.15) is 18.4 Å². The first kappa shape index (κ1) is 25.6. The second-order valence-corrected chi connectivity index (χ2v) is 11.3. The third kappa shape index (κ3) is 4.70. The van der Waals surface area contributed by atoms with Crippen molar-refractivity contribution in [1.82, 2.24) is 19.1 Å². The summed E-state index contributed by atoms with van der Waals surface area (Å²) < 4.78 is 67.5. The molecule has 2 saturated heterocycles. The van der Waals surface area contributed by atoms with Crippen LogP contribution in [0.4, 0.5) is 23.8 Å². The van der Waals surface area contributed by atoms with Crippen LogP contribution in [0.2, 0.25) is 5.02 Å². The molecule has 9 nitrogen and oxygen atoms in total. The molecule has 1 aromatic heterocycles. The lowest BCUT2D eigenvalue weighted by molar-refractivity contribution is -0.138. The van der Waals surface area contributed by atoms with E-state index in [1.54, 1.807) is 6.07 Å². The number of carbonyl (C=O) groups is 2. The van der Waals surface area contributed by atoms with E-state index in [2.05, 4.69) is 4.98 Å². The maximum Gasteiger partial charge on any atom is 0.419 e. The van der Waals surface area contributed by atoms with Gasteiger partial charge in [0.05, 0.1) is 17.1 Å². The quantitative estimate of drug-likeness (QED) is 0.561. The number of hydrogen-bond donors (Lipinski definition) is 0. The van der Waals surface area contributed by atoms with Crippen molar-refractivity contribution in [1.29, 1.82) is 0 Å². The van der Waals surface area contributed by atoms with E-state index in [0.29, 0.717) is 17.1 Å². The van der Waals surface area contributed by atoms with Gasteiger partial charge in [0.25, 0.3) is 10.0 Å². The van der Waals surface area contributed by atoms with Gasteiger partial charge in [-0.2, -0.15) is 13.2 Å². The summed E-state index contributed by atoms with van der Waals surface area (Å²) in [5.74, 6) is -0.636. The predicted octanol–water partition coefficient (Wildman–Crippen LogP) is 3.06. The molecule has 1 saturated carbocycles. The van der Waals surface area contributed by atoms with Gasteiger partial charge in [0.2, 0.25) is 5.91 Å². The maximum absolute atomic E-state index is 13.5. The van der Waals surface area contributed by atoms with Gasteiger partial charge in [-0.05, 0) is 37.1 Å². The Morgan fingerprint density at radius 2 is 1.70 bits per heavy atom. The lowest BCUT2D eigenvalue weighted by atomic mass is 10.2. The van der Waals surface area contributed by atoms with Crippen LogP contribution in [0, 0.1) is 0 Å². The van der Waals surface area contributed by atoms with E-state index in [9.17, 15) is 31.2 Å². The number of sulfonamides is 1. The molecular weight excluding hydrogens is 535 g/mol. The topological polar surface area (TPSA) is 94.1 Å². The summed E-state index contributed by atoms with van der Waals surface area (Å²) >= 11 is 6.08. The van der Waals surface area contributed by atoms with E-state index in [1.165, 1.54) is 45.2 Å². The van der Waals surface area contributed by atoms with Crippen molar-refractivity contribution in [3.63, 3.8) is 0 Å². The van der Waals surface area contributed by atoms with Crippen molar-refractivity contribution in [2.45, 2.75) is 36.0 Å². The molecular formula is C23H23ClF3N5O4S. The van der Waals surface area contributed by atoms with Gasteiger partial charge in [0.15, 0.2) is 0 Å². The molecule has 3 fully saturated rings. The number of anilines is 1. The highest BCUT2D eigenvalue weighted by Crippen LogP contribution is 2.38. The Morgan fingerprint density at radius 3 is 2.32 bits per heavy atom. The molecule has 0 radical (unpaired) electrons. The summed E-state index contributed by atoms with van der Waals surface area (Å²) in [4.78, 5) is 34.7. The molecule has 3 heterocycles. The molecule has 2 aromatic rings. The van der Waals surface area contributed by atoms with Crippen LogP contribution in [0.15, 0.2) is 47.5 Å². The SMILES string of the molecule is O=C(C1CN(S(=O)(=O)c2ccccc2Cl)C(=O)N1C1CC1)N1CCN(c2ncccc2C(F)(F)F)CC1. The number of rotatable bonds is 5. The van der Waals surface area contributed by atoms with Gasteiger partial charge in [-0.1, -0.05) is 23.7 Å². The number of aromatic nitrogens is 1. The number of alkyl halides is 3. The van der Waals surface area contributed by atoms with Gasteiger partial charge in [0.1, 0.15) is 16.8 Å². The lowest BCUT2D eigenvalue weighted by Crippen LogP contribution is -2.55. The predicted molar refractivity (Wildman–Crippen MR) is 127 cm³/mol. The number of halogens is 4. The molecule has 0 spiro atoms. The van der Waals surface area contributed by atoms with E-state index < -0.39 is 39.7 Å². The Kier molecular flexibility index (Phi) is 6.47. The zero-order valence-electron chi connectivity index (χ0n) is 19.4. The Bertz CT molecular complexity index is 1330. The number of urea groups is 1. The first-order valence-electron chi connectivity index (χ1n) is 11.7. The first-order valence-corrected chi connectivity index (χ1v) is 13.5. The second-order valence-electron chi connectivity index (χ2n) is 9.09. The minimum atomic E-state index is -4.57. The van der Waals surface area contributed by atoms with Crippen LogP contribution in [-0.2, 0) is 21.0 Å². The Labute approximate surface area is 216 Å². The number of nitrogens with zero attached hydrogens (tertiary/aromatic N) is 5. The molecule has 1 aromatic carbocycles. The highest BCUT2D eigenvalue weighted by atomic mass is 35.5. The molecule has 0 N–H and O–H groups in total. The van der Waals surface area contributed by atoms with E-state index in [-0.39, 0.29) is 54.5 Å². The zero-order chi connectivity index (χ0) is 26.5. The summed E-state index contributed by atoms with van der Waals surface area (Å²) in [6.07, 6.45) is -1.97. The molecule has 5 rings (SSSR count). The fourth-order valence-electron chi connectivity index (χ4n) is 4.74. The number of amides is 3. The van der Waals surface area contributed by atoms with Gasteiger partial charge in [-0.15, -0.1) is 0 Å². The van der Waals surface area contributed by atoms with Crippen molar-refractivity contribution in [2.75, 3.05) is 37.6 Å². The highest BCUT2D eigenvalue weighted by molar-refractivity contribution is 7.89. The molecule has 0 bridgehead atoms. The largest absolute Gasteiger partial charge is 0.419 e. The molecule has 3 aliphatic rings.